The molecule has 0 aliphatic heterocycles. The van der Waals surface area contributed by atoms with Gasteiger partial charge in [0.1, 0.15) is 22.1 Å². The first-order chi connectivity index (χ1) is 66.2. The second-order valence-electron chi connectivity index (χ2n) is 34.9. The smallest absolute Gasteiger partial charge is 0.227 e. The summed E-state index contributed by atoms with van der Waals surface area (Å²) in [6, 6.07) is 159. The molecule has 0 aliphatic rings. The van der Waals surface area contributed by atoms with Gasteiger partial charge in [-0.3, -0.25) is 0 Å². The number of rotatable bonds is 12. The molecule has 10 heteroatoms. The lowest BCUT2D eigenvalue weighted by atomic mass is 9.98. The normalized spacial score (nSPS) is 11.9. The van der Waals surface area contributed by atoms with Crippen LogP contribution in [0.15, 0.2) is 467 Å². The molecule has 0 aliphatic carbocycles. The van der Waals surface area contributed by atoms with E-state index in [0.29, 0.717) is 23.6 Å². The van der Waals surface area contributed by atoms with E-state index in [-0.39, 0.29) is 0 Å². The van der Waals surface area contributed by atoms with Gasteiger partial charge in [-0.15, -0.1) is 0 Å². The molecule has 0 bridgehead atoms. The minimum Gasteiger partial charge on any atom is -0.436 e. The largest absolute Gasteiger partial charge is 0.436 e. The fraction of sp³-hybridized carbons (Fsp3) is 0. The lowest BCUT2D eigenvalue weighted by Crippen LogP contribution is -2.09. The first-order valence-corrected chi connectivity index (χ1v) is 45.2. The van der Waals surface area contributed by atoms with Crippen LogP contribution < -0.4 is 9.80 Å². The Labute approximate surface area is 767 Å². The summed E-state index contributed by atoms with van der Waals surface area (Å²) < 4.78 is 25.8. The Balaban J connectivity index is 0.000000136. The second kappa shape index (κ2) is 30.8. The number of anilines is 6. The maximum Gasteiger partial charge on any atom is 0.227 e. The molecular weight excluding hydrogens is 1640 g/mol. The highest BCUT2D eigenvalue weighted by Gasteiger charge is 2.23. The van der Waals surface area contributed by atoms with Gasteiger partial charge in [0, 0.05) is 56.4 Å². The van der Waals surface area contributed by atoms with Crippen molar-refractivity contribution in [1.29, 1.82) is 0 Å². The zero-order valence-electron chi connectivity index (χ0n) is 72.0. The molecule has 4 aromatic heterocycles. The Hall–Kier alpha value is -18.1. The molecule has 0 N–H and O–H groups in total. The monoisotopic (exact) mass is 1710 g/mol. The molecule has 28 aromatic rings. The average molecular weight is 1710 g/mol. The maximum atomic E-state index is 6.47. The summed E-state index contributed by atoms with van der Waals surface area (Å²) in [6.45, 7) is 0. The fourth-order valence-corrected chi connectivity index (χ4v) is 20.0. The molecule has 0 saturated carbocycles. The summed E-state index contributed by atoms with van der Waals surface area (Å²) in [5.41, 5.74) is 20.9. The highest BCUT2D eigenvalue weighted by molar-refractivity contribution is 6.15. The Morgan fingerprint density at radius 3 is 0.664 bits per heavy atom. The molecule has 0 saturated heterocycles. The third-order valence-corrected chi connectivity index (χ3v) is 26.8. The minimum atomic E-state index is 0.587. The van der Waals surface area contributed by atoms with E-state index in [1.54, 1.807) is 0 Å². The van der Waals surface area contributed by atoms with Crippen molar-refractivity contribution in [3.63, 3.8) is 0 Å². The van der Waals surface area contributed by atoms with E-state index in [2.05, 4.69) is 459 Å². The first kappa shape index (κ1) is 76.0. The zero-order chi connectivity index (χ0) is 88.0. The van der Waals surface area contributed by atoms with Crippen LogP contribution in [-0.4, -0.2) is 19.9 Å². The number of aromatic nitrogens is 4. The molecule has 0 radical (unpaired) electrons. The molecule has 0 amide bonds. The highest BCUT2D eigenvalue weighted by atomic mass is 16.4. The van der Waals surface area contributed by atoms with Crippen LogP contribution in [0.1, 0.15) is 0 Å². The molecule has 0 fully saturated rings. The predicted octanol–water partition coefficient (Wildman–Crippen LogP) is 34.7. The van der Waals surface area contributed by atoms with Gasteiger partial charge >= 0.3 is 0 Å². The van der Waals surface area contributed by atoms with Crippen LogP contribution in [0.2, 0.25) is 0 Å². The van der Waals surface area contributed by atoms with Crippen molar-refractivity contribution in [2.75, 3.05) is 9.80 Å². The number of fused-ring (bicyclic) bond motifs is 20. The third kappa shape index (κ3) is 13.3. The highest BCUT2D eigenvalue weighted by Crippen LogP contribution is 2.46. The summed E-state index contributed by atoms with van der Waals surface area (Å²) in [5, 5.41) is 28.4. The van der Waals surface area contributed by atoms with E-state index in [1.165, 1.54) is 108 Å². The molecule has 10 nitrogen and oxygen atoms in total. The van der Waals surface area contributed by atoms with E-state index < -0.39 is 0 Å². The van der Waals surface area contributed by atoms with E-state index >= 15 is 0 Å². The van der Waals surface area contributed by atoms with Crippen molar-refractivity contribution in [3.05, 3.63) is 449 Å². The standard InChI is InChI=1S/2C62H37N3O2/c1-2-10-43-31-44(16-13-38(43)7-1)45-17-18-47-33-52(30-25-46(47)32-45)65(50-26-21-41(22-27-50)61-63-57-36-55-48(34-59(57)66-61)19-14-39-8-3-5-11-53(39)55)51-28-23-42(24-29-51)62-64-58-37-56-49(35-60(58)67-62)20-15-40-9-4-6-12-54(40)56;1-2-10-43-31-44(16-13-38(43)7-1)45-17-18-47-33-52(30-25-46(47)32-45)65(50-26-21-41(22-27-50)61-63-57-34-48-19-14-39-8-3-5-11-53(39)55(48)36-59(57)66-61)51-28-23-42(24-29-51)62-64-58-35-49-20-15-40-9-4-6-12-54(40)56(49)37-60(58)67-62/h2*1-37H. The number of hydrogen-bond donors (Lipinski definition) is 0. The van der Waals surface area contributed by atoms with Crippen LogP contribution in [0.4, 0.5) is 34.1 Å². The molecule has 134 heavy (non-hydrogen) atoms. The van der Waals surface area contributed by atoms with Gasteiger partial charge in [-0.25, -0.2) is 19.9 Å². The number of nitrogens with zero attached hydrogens (tertiary/aromatic N) is 6. The van der Waals surface area contributed by atoms with Gasteiger partial charge in [0.25, 0.3) is 0 Å². The van der Waals surface area contributed by atoms with Crippen LogP contribution in [0.25, 0.3) is 242 Å². The Bertz CT molecular complexity index is 8720. The van der Waals surface area contributed by atoms with Crippen molar-refractivity contribution < 1.29 is 17.7 Å². The molecule has 0 spiro atoms. The predicted molar refractivity (Wildman–Crippen MR) is 555 cm³/mol. The number of benzene rings is 24. The van der Waals surface area contributed by atoms with Crippen LogP contribution in [0.3, 0.4) is 0 Å². The zero-order valence-corrected chi connectivity index (χ0v) is 72.0. The van der Waals surface area contributed by atoms with Gasteiger partial charge in [0.05, 0.1) is 0 Å². The van der Waals surface area contributed by atoms with Crippen LogP contribution in [0.5, 0.6) is 0 Å². The van der Waals surface area contributed by atoms with Crippen molar-refractivity contribution >= 4 is 208 Å². The molecular formula is C124H74N6O4. The quantitative estimate of drug-likeness (QED) is 0.110. The third-order valence-electron chi connectivity index (χ3n) is 26.8. The van der Waals surface area contributed by atoms with Crippen LogP contribution >= 0.6 is 0 Å². The molecule has 624 valence electrons. The van der Waals surface area contributed by atoms with Gasteiger partial charge in [-0.1, -0.05) is 255 Å². The molecule has 0 atom stereocenters. The van der Waals surface area contributed by atoms with Crippen LogP contribution in [-0.2, 0) is 0 Å². The second-order valence-corrected chi connectivity index (χ2v) is 34.9. The topological polar surface area (TPSA) is 111 Å². The van der Waals surface area contributed by atoms with Crippen molar-refractivity contribution in [2.24, 2.45) is 0 Å². The SMILES string of the molecule is c1ccc2cc(-c3ccc4cc(N(c5ccc(-c6nc7cc8c(ccc9ccccc98)cc7o6)cc5)c5ccc(-c6nc7cc8c(ccc9ccccc98)cc7o6)cc5)ccc4c3)ccc2c1.c1ccc2cc(-c3ccc4cc(N(c5ccc(-c6nc7cc8ccc9ccccc9c8cc7o6)cc5)c5ccc(-c6nc7cc8ccc9ccccc9c8cc7o6)cc5)ccc4c3)ccc2c1. The van der Waals surface area contributed by atoms with E-state index in [9.17, 15) is 0 Å². The van der Waals surface area contributed by atoms with Gasteiger partial charge in [-0.05, 0) is 346 Å². The molecule has 24 aromatic carbocycles. The maximum absolute atomic E-state index is 6.47. The first-order valence-electron chi connectivity index (χ1n) is 45.2. The number of hydrogen-bond acceptors (Lipinski definition) is 10. The summed E-state index contributed by atoms with van der Waals surface area (Å²) in [5.74, 6) is 2.35. The van der Waals surface area contributed by atoms with Gasteiger partial charge in [0.2, 0.25) is 23.6 Å². The molecule has 4 heterocycles. The number of oxazole rings is 4. The lowest BCUT2D eigenvalue weighted by molar-refractivity contribution is 0.620. The summed E-state index contributed by atoms with van der Waals surface area (Å²) >= 11 is 0. The van der Waals surface area contributed by atoms with E-state index in [1.807, 2.05) is 0 Å². The lowest BCUT2D eigenvalue weighted by Gasteiger charge is -2.26. The summed E-state index contributed by atoms with van der Waals surface area (Å²) in [6.07, 6.45) is 0. The molecule has 0 unspecified atom stereocenters. The van der Waals surface area contributed by atoms with Gasteiger partial charge < -0.3 is 27.5 Å². The summed E-state index contributed by atoms with van der Waals surface area (Å²) in [7, 11) is 0. The average Bonchev–Trinajstić information content (AvgIpc) is 1.74. The van der Waals surface area contributed by atoms with Crippen molar-refractivity contribution in [2.45, 2.75) is 0 Å². The minimum absolute atomic E-state index is 0.587. The van der Waals surface area contributed by atoms with E-state index in [4.69, 9.17) is 37.6 Å². The van der Waals surface area contributed by atoms with E-state index in [0.717, 1.165) is 144 Å². The fourth-order valence-electron chi connectivity index (χ4n) is 20.0. The summed E-state index contributed by atoms with van der Waals surface area (Å²) in [4.78, 5) is 24.5. The van der Waals surface area contributed by atoms with Crippen LogP contribution in [0, 0.1) is 0 Å². The van der Waals surface area contributed by atoms with Gasteiger partial charge in [-0.2, -0.15) is 0 Å². The Kier molecular flexibility index (Phi) is 17.5. The van der Waals surface area contributed by atoms with Crippen molar-refractivity contribution in [3.8, 4) is 68.1 Å². The Morgan fingerprint density at radius 2 is 0.343 bits per heavy atom. The van der Waals surface area contributed by atoms with Crippen molar-refractivity contribution in [1.82, 2.24) is 19.9 Å². The van der Waals surface area contributed by atoms with Gasteiger partial charge in [0.15, 0.2) is 22.3 Å². The Morgan fingerprint density at radius 1 is 0.134 bits per heavy atom. The molecule has 28 rings (SSSR count).